The molecule has 1 aliphatic rings. The minimum atomic E-state index is -0.0962. The van der Waals surface area contributed by atoms with Gasteiger partial charge >= 0.3 is 0 Å². The van der Waals surface area contributed by atoms with Crippen LogP contribution in [0.5, 0.6) is 0 Å². The Morgan fingerprint density at radius 2 is 2.08 bits per heavy atom. The molecular formula is C20H26N2OS. The fraction of sp³-hybridized carbons (Fsp3) is 0.450. The third-order valence-corrected chi connectivity index (χ3v) is 5.88. The van der Waals surface area contributed by atoms with E-state index in [1.165, 1.54) is 16.0 Å². The SMILES string of the molecule is CCC[C@H](NC(=O)[C@H](C)N1CCc2sccc2C1)c1ccccc1. The maximum atomic E-state index is 12.8. The molecule has 3 rings (SSSR count). The lowest BCUT2D eigenvalue weighted by Gasteiger charge is -2.32. The summed E-state index contributed by atoms with van der Waals surface area (Å²) in [6.07, 6.45) is 3.08. The number of fused-ring (bicyclic) bond motifs is 1. The van der Waals surface area contributed by atoms with Crippen molar-refractivity contribution in [1.29, 1.82) is 0 Å². The Hall–Kier alpha value is -1.65. The van der Waals surface area contributed by atoms with Crippen LogP contribution in [0.4, 0.5) is 0 Å². The summed E-state index contributed by atoms with van der Waals surface area (Å²) in [5, 5.41) is 5.43. The summed E-state index contributed by atoms with van der Waals surface area (Å²) < 4.78 is 0. The number of carbonyl (C=O) groups excluding carboxylic acids is 1. The molecule has 0 saturated carbocycles. The number of hydrogen-bond donors (Lipinski definition) is 1. The van der Waals surface area contributed by atoms with Crippen molar-refractivity contribution in [3.8, 4) is 0 Å². The number of thiophene rings is 1. The van der Waals surface area contributed by atoms with Crippen molar-refractivity contribution in [3.05, 3.63) is 57.8 Å². The van der Waals surface area contributed by atoms with Crippen LogP contribution in [-0.2, 0) is 17.8 Å². The second-order valence-electron chi connectivity index (χ2n) is 6.53. The Labute approximate surface area is 148 Å². The molecule has 2 atom stereocenters. The summed E-state index contributed by atoms with van der Waals surface area (Å²) in [6, 6.07) is 12.5. The lowest BCUT2D eigenvalue weighted by Crippen LogP contribution is -2.47. The van der Waals surface area contributed by atoms with Crippen molar-refractivity contribution in [2.24, 2.45) is 0 Å². The van der Waals surface area contributed by atoms with E-state index < -0.39 is 0 Å². The van der Waals surface area contributed by atoms with E-state index in [4.69, 9.17) is 0 Å². The van der Waals surface area contributed by atoms with Crippen LogP contribution in [0.15, 0.2) is 41.8 Å². The maximum Gasteiger partial charge on any atom is 0.237 e. The minimum Gasteiger partial charge on any atom is -0.348 e. The van der Waals surface area contributed by atoms with Crippen molar-refractivity contribution in [3.63, 3.8) is 0 Å². The summed E-state index contributed by atoms with van der Waals surface area (Å²) in [4.78, 5) is 16.6. The molecule has 128 valence electrons. The van der Waals surface area contributed by atoms with E-state index in [0.717, 1.165) is 32.4 Å². The number of nitrogens with zero attached hydrogens (tertiary/aromatic N) is 1. The molecule has 2 aromatic rings. The van der Waals surface area contributed by atoms with Gasteiger partial charge in [-0.05, 0) is 42.3 Å². The van der Waals surface area contributed by atoms with E-state index in [-0.39, 0.29) is 18.0 Å². The van der Waals surface area contributed by atoms with Gasteiger partial charge in [-0.2, -0.15) is 0 Å². The second-order valence-corrected chi connectivity index (χ2v) is 7.53. The topological polar surface area (TPSA) is 32.3 Å². The van der Waals surface area contributed by atoms with Crippen LogP contribution in [-0.4, -0.2) is 23.4 Å². The standard InChI is InChI=1S/C20H26N2OS/c1-3-7-18(16-8-5-4-6-9-16)21-20(23)15(2)22-12-10-19-17(14-22)11-13-24-19/h4-6,8-9,11,13,15,18H,3,7,10,12,14H2,1-2H3,(H,21,23)/t15-,18-/m0/s1. The van der Waals surface area contributed by atoms with Crippen molar-refractivity contribution in [2.45, 2.75) is 51.7 Å². The molecule has 0 spiro atoms. The first-order valence-corrected chi connectivity index (χ1v) is 9.71. The molecule has 0 unspecified atom stereocenters. The molecule has 1 amide bonds. The molecule has 0 saturated heterocycles. The highest BCUT2D eigenvalue weighted by molar-refractivity contribution is 7.10. The fourth-order valence-corrected chi connectivity index (χ4v) is 4.24. The molecular weight excluding hydrogens is 316 g/mol. The molecule has 24 heavy (non-hydrogen) atoms. The van der Waals surface area contributed by atoms with Gasteiger partial charge in [0.25, 0.3) is 0 Å². The van der Waals surface area contributed by atoms with E-state index in [2.05, 4.69) is 40.7 Å². The Morgan fingerprint density at radius 3 is 2.83 bits per heavy atom. The van der Waals surface area contributed by atoms with Gasteiger partial charge in [-0.1, -0.05) is 43.7 Å². The van der Waals surface area contributed by atoms with Crippen molar-refractivity contribution >= 4 is 17.2 Å². The van der Waals surface area contributed by atoms with E-state index in [1.54, 1.807) is 0 Å². The van der Waals surface area contributed by atoms with Crippen LogP contribution in [0.1, 0.15) is 48.7 Å². The van der Waals surface area contributed by atoms with Gasteiger partial charge in [0.15, 0.2) is 0 Å². The zero-order valence-electron chi connectivity index (χ0n) is 14.5. The van der Waals surface area contributed by atoms with Gasteiger partial charge in [0, 0.05) is 18.0 Å². The van der Waals surface area contributed by atoms with Crippen LogP contribution in [0.2, 0.25) is 0 Å². The zero-order valence-corrected chi connectivity index (χ0v) is 15.3. The average molecular weight is 343 g/mol. The smallest absolute Gasteiger partial charge is 0.237 e. The third kappa shape index (κ3) is 3.87. The lowest BCUT2D eigenvalue weighted by molar-refractivity contribution is -0.127. The van der Waals surface area contributed by atoms with E-state index >= 15 is 0 Å². The third-order valence-electron chi connectivity index (χ3n) is 4.86. The van der Waals surface area contributed by atoms with Gasteiger partial charge < -0.3 is 5.32 Å². The molecule has 4 heteroatoms. The van der Waals surface area contributed by atoms with Gasteiger partial charge in [-0.25, -0.2) is 0 Å². The molecule has 1 N–H and O–H groups in total. The lowest BCUT2D eigenvalue weighted by atomic mass is 10.0. The molecule has 3 nitrogen and oxygen atoms in total. The van der Waals surface area contributed by atoms with Crippen LogP contribution >= 0.6 is 11.3 Å². The zero-order chi connectivity index (χ0) is 16.9. The maximum absolute atomic E-state index is 12.8. The highest BCUT2D eigenvalue weighted by Gasteiger charge is 2.27. The Morgan fingerprint density at radius 1 is 1.29 bits per heavy atom. The quantitative estimate of drug-likeness (QED) is 0.855. The number of nitrogens with one attached hydrogen (secondary N) is 1. The van der Waals surface area contributed by atoms with Gasteiger partial charge in [0.2, 0.25) is 5.91 Å². The number of hydrogen-bond acceptors (Lipinski definition) is 3. The monoisotopic (exact) mass is 342 g/mol. The first-order chi connectivity index (χ1) is 11.7. The highest BCUT2D eigenvalue weighted by Crippen LogP contribution is 2.25. The van der Waals surface area contributed by atoms with Crippen LogP contribution in [0, 0.1) is 0 Å². The van der Waals surface area contributed by atoms with Crippen molar-refractivity contribution < 1.29 is 4.79 Å². The number of carbonyl (C=O) groups is 1. The summed E-state index contributed by atoms with van der Waals surface area (Å²) in [5.74, 6) is 0.135. The minimum absolute atomic E-state index is 0.0962. The van der Waals surface area contributed by atoms with Gasteiger partial charge in [-0.15, -0.1) is 11.3 Å². The normalized spacial score (nSPS) is 17.1. The van der Waals surface area contributed by atoms with Crippen molar-refractivity contribution in [2.75, 3.05) is 6.54 Å². The van der Waals surface area contributed by atoms with Crippen molar-refractivity contribution in [1.82, 2.24) is 10.2 Å². The van der Waals surface area contributed by atoms with Gasteiger partial charge in [0.1, 0.15) is 0 Å². The Bertz CT molecular complexity index is 667. The summed E-state index contributed by atoms with van der Waals surface area (Å²) >= 11 is 1.83. The van der Waals surface area contributed by atoms with Gasteiger partial charge in [0.05, 0.1) is 12.1 Å². The molecule has 1 aliphatic heterocycles. The first kappa shape index (κ1) is 17.2. The Kier molecular flexibility index (Phi) is 5.69. The highest BCUT2D eigenvalue weighted by atomic mass is 32.1. The van der Waals surface area contributed by atoms with E-state index in [1.807, 2.05) is 36.5 Å². The van der Waals surface area contributed by atoms with Crippen LogP contribution < -0.4 is 5.32 Å². The van der Waals surface area contributed by atoms with Crippen LogP contribution in [0.3, 0.4) is 0 Å². The molecule has 1 aromatic heterocycles. The Balaban J connectivity index is 1.64. The van der Waals surface area contributed by atoms with Gasteiger partial charge in [-0.3, -0.25) is 9.69 Å². The summed E-state index contributed by atoms with van der Waals surface area (Å²) in [5.41, 5.74) is 2.58. The average Bonchev–Trinajstić information content (AvgIpc) is 3.09. The van der Waals surface area contributed by atoms with Crippen LogP contribution in [0.25, 0.3) is 0 Å². The largest absolute Gasteiger partial charge is 0.348 e. The molecule has 2 heterocycles. The second kappa shape index (κ2) is 7.95. The number of rotatable bonds is 6. The summed E-state index contributed by atoms with van der Waals surface area (Å²) in [6.45, 7) is 6.04. The molecule has 0 aliphatic carbocycles. The number of benzene rings is 1. The first-order valence-electron chi connectivity index (χ1n) is 8.83. The summed E-state index contributed by atoms with van der Waals surface area (Å²) in [7, 11) is 0. The predicted molar refractivity (Wildman–Crippen MR) is 100 cm³/mol. The molecule has 1 aromatic carbocycles. The predicted octanol–water partition coefficient (Wildman–Crippen LogP) is 4.15. The number of amides is 1. The fourth-order valence-electron chi connectivity index (χ4n) is 3.36. The molecule has 0 radical (unpaired) electrons. The van der Waals surface area contributed by atoms with E-state index in [0.29, 0.717) is 0 Å². The molecule has 0 bridgehead atoms. The van der Waals surface area contributed by atoms with E-state index in [9.17, 15) is 4.79 Å². The molecule has 0 fully saturated rings.